The molecule has 124 valence electrons. The first-order valence-corrected chi connectivity index (χ1v) is 8.86. The summed E-state index contributed by atoms with van der Waals surface area (Å²) in [6.45, 7) is 8.09. The first kappa shape index (κ1) is 17.4. The van der Waals surface area contributed by atoms with E-state index < -0.39 is 0 Å². The van der Waals surface area contributed by atoms with Gasteiger partial charge in [-0.2, -0.15) is 11.3 Å². The molecule has 1 aromatic heterocycles. The van der Waals surface area contributed by atoms with E-state index in [0.29, 0.717) is 12.6 Å². The smallest absolute Gasteiger partial charge is 0.234 e. The fourth-order valence-electron chi connectivity index (χ4n) is 2.80. The van der Waals surface area contributed by atoms with Gasteiger partial charge in [0.1, 0.15) is 0 Å². The summed E-state index contributed by atoms with van der Waals surface area (Å²) in [6, 6.07) is 2.58. The summed E-state index contributed by atoms with van der Waals surface area (Å²) in [5.74, 6) is 0.132. The van der Waals surface area contributed by atoms with E-state index in [0.717, 1.165) is 45.8 Å². The third-order valence-corrected chi connectivity index (χ3v) is 4.85. The Morgan fingerprint density at radius 1 is 1.50 bits per heavy atom. The van der Waals surface area contributed by atoms with E-state index in [2.05, 4.69) is 38.9 Å². The topological polar surface area (TPSA) is 44.8 Å². The average Bonchev–Trinajstić information content (AvgIpc) is 3.00. The van der Waals surface area contributed by atoms with Crippen LogP contribution in [0, 0.1) is 0 Å². The van der Waals surface area contributed by atoms with Crippen molar-refractivity contribution in [2.24, 2.45) is 0 Å². The highest BCUT2D eigenvalue weighted by atomic mass is 32.1. The number of nitrogens with zero attached hydrogens (tertiary/aromatic N) is 2. The first-order chi connectivity index (χ1) is 10.7. The molecule has 0 unspecified atom stereocenters. The van der Waals surface area contributed by atoms with Crippen molar-refractivity contribution >= 4 is 17.2 Å². The zero-order chi connectivity index (χ0) is 15.8. The molecule has 1 amide bonds. The van der Waals surface area contributed by atoms with E-state index in [9.17, 15) is 4.79 Å². The molecule has 1 N–H and O–H groups in total. The highest BCUT2D eigenvalue weighted by Gasteiger charge is 2.24. The van der Waals surface area contributed by atoms with Crippen molar-refractivity contribution < 1.29 is 9.53 Å². The molecule has 1 aliphatic rings. The van der Waals surface area contributed by atoms with Crippen LogP contribution >= 0.6 is 11.3 Å². The normalized spacial score (nSPS) is 20.2. The zero-order valence-corrected chi connectivity index (χ0v) is 14.4. The quantitative estimate of drug-likeness (QED) is 0.776. The SMILES string of the molecule is COCCN1CCN(CC(=O)NCCc2ccsc2)C[C@H]1C. The van der Waals surface area contributed by atoms with Gasteiger partial charge in [0.05, 0.1) is 13.2 Å². The molecule has 1 aliphatic heterocycles. The Morgan fingerprint density at radius 2 is 2.36 bits per heavy atom. The number of ether oxygens (including phenoxy) is 1. The number of piperazine rings is 1. The largest absolute Gasteiger partial charge is 0.383 e. The second kappa shape index (κ2) is 9.25. The van der Waals surface area contributed by atoms with Gasteiger partial charge in [-0.05, 0) is 35.7 Å². The molecule has 2 rings (SSSR count). The lowest BCUT2D eigenvalue weighted by Crippen LogP contribution is -2.54. The van der Waals surface area contributed by atoms with E-state index in [-0.39, 0.29) is 5.91 Å². The van der Waals surface area contributed by atoms with E-state index in [1.165, 1.54) is 5.56 Å². The van der Waals surface area contributed by atoms with Crippen LogP contribution in [-0.2, 0) is 16.0 Å². The summed E-state index contributed by atoms with van der Waals surface area (Å²) in [5, 5.41) is 7.22. The lowest BCUT2D eigenvalue weighted by atomic mass is 10.2. The molecule has 0 spiro atoms. The zero-order valence-electron chi connectivity index (χ0n) is 13.6. The molecule has 0 saturated carbocycles. The second-order valence-corrected chi connectivity index (χ2v) is 6.62. The number of nitrogens with one attached hydrogen (secondary N) is 1. The van der Waals surface area contributed by atoms with Gasteiger partial charge in [-0.3, -0.25) is 14.6 Å². The van der Waals surface area contributed by atoms with Crippen LogP contribution in [0.25, 0.3) is 0 Å². The van der Waals surface area contributed by atoms with Crippen LogP contribution in [0.3, 0.4) is 0 Å². The fraction of sp³-hybridized carbons (Fsp3) is 0.688. The molecule has 1 aromatic rings. The molecule has 22 heavy (non-hydrogen) atoms. The van der Waals surface area contributed by atoms with Gasteiger partial charge in [0.2, 0.25) is 5.91 Å². The minimum atomic E-state index is 0.132. The Balaban J connectivity index is 1.63. The van der Waals surface area contributed by atoms with Crippen LogP contribution in [0.1, 0.15) is 12.5 Å². The van der Waals surface area contributed by atoms with Gasteiger partial charge in [0.15, 0.2) is 0 Å². The highest BCUT2D eigenvalue weighted by molar-refractivity contribution is 7.07. The molecular formula is C16H27N3O2S. The van der Waals surface area contributed by atoms with Gasteiger partial charge < -0.3 is 10.1 Å². The van der Waals surface area contributed by atoms with E-state index in [4.69, 9.17) is 4.74 Å². The number of hydrogen-bond acceptors (Lipinski definition) is 5. The predicted octanol–water partition coefficient (Wildman–Crippen LogP) is 1.06. The van der Waals surface area contributed by atoms with Crippen molar-refractivity contribution in [3.8, 4) is 0 Å². The van der Waals surface area contributed by atoms with Gasteiger partial charge >= 0.3 is 0 Å². The van der Waals surface area contributed by atoms with Crippen LogP contribution in [0.2, 0.25) is 0 Å². The summed E-state index contributed by atoms with van der Waals surface area (Å²) in [5.41, 5.74) is 1.30. The van der Waals surface area contributed by atoms with Crippen molar-refractivity contribution in [3.63, 3.8) is 0 Å². The number of thiophene rings is 1. The van der Waals surface area contributed by atoms with Gasteiger partial charge in [0.25, 0.3) is 0 Å². The maximum atomic E-state index is 12.0. The van der Waals surface area contributed by atoms with Gasteiger partial charge in [-0.25, -0.2) is 0 Å². The molecule has 0 aromatic carbocycles. The average molecular weight is 325 g/mol. The van der Waals surface area contributed by atoms with Crippen molar-refractivity contribution in [2.75, 3.05) is 53.0 Å². The third kappa shape index (κ3) is 5.68. The molecule has 5 nitrogen and oxygen atoms in total. The molecule has 6 heteroatoms. The number of rotatable bonds is 8. The molecule has 0 radical (unpaired) electrons. The van der Waals surface area contributed by atoms with Crippen LogP contribution in [0.5, 0.6) is 0 Å². The summed E-state index contributed by atoms with van der Waals surface area (Å²) in [4.78, 5) is 16.7. The minimum Gasteiger partial charge on any atom is -0.383 e. The third-order valence-electron chi connectivity index (χ3n) is 4.11. The molecule has 1 fully saturated rings. The molecule has 0 aliphatic carbocycles. The van der Waals surface area contributed by atoms with Crippen molar-refractivity contribution in [1.82, 2.24) is 15.1 Å². The lowest BCUT2D eigenvalue weighted by molar-refractivity contribution is -0.122. The van der Waals surface area contributed by atoms with Crippen LogP contribution in [0.4, 0.5) is 0 Å². The Hall–Kier alpha value is -0.950. The number of hydrogen-bond donors (Lipinski definition) is 1. The van der Waals surface area contributed by atoms with Gasteiger partial charge in [0, 0.05) is 45.9 Å². The Kier molecular flexibility index (Phi) is 7.32. The van der Waals surface area contributed by atoms with Gasteiger partial charge in [-0.15, -0.1) is 0 Å². The standard InChI is InChI=1S/C16H27N3O2S/c1-14-11-18(6-7-19(14)8-9-21-2)12-16(20)17-5-3-15-4-10-22-13-15/h4,10,13-14H,3,5-9,11-12H2,1-2H3,(H,17,20)/t14-/m1/s1. The van der Waals surface area contributed by atoms with E-state index >= 15 is 0 Å². The van der Waals surface area contributed by atoms with E-state index in [1.54, 1.807) is 18.4 Å². The monoisotopic (exact) mass is 325 g/mol. The molecular weight excluding hydrogens is 298 g/mol. The molecule has 1 saturated heterocycles. The van der Waals surface area contributed by atoms with Crippen LogP contribution in [0.15, 0.2) is 16.8 Å². The Morgan fingerprint density at radius 3 is 3.05 bits per heavy atom. The number of carbonyl (C=O) groups is 1. The van der Waals surface area contributed by atoms with Crippen molar-refractivity contribution in [2.45, 2.75) is 19.4 Å². The molecule has 2 heterocycles. The summed E-state index contributed by atoms with van der Waals surface area (Å²) >= 11 is 1.70. The number of methoxy groups -OCH3 is 1. The maximum absolute atomic E-state index is 12.0. The number of amides is 1. The molecule has 0 bridgehead atoms. The lowest BCUT2D eigenvalue weighted by Gasteiger charge is -2.39. The van der Waals surface area contributed by atoms with Crippen molar-refractivity contribution in [3.05, 3.63) is 22.4 Å². The van der Waals surface area contributed by atoms with Crippen molar-refractivity contribution in [1.29, 1.82) is 0 Å². The summed E-state index contributed by atoms with van der Waals surface area (Å²) in [6.07, 6.45) is 0.913. The highest BCUT2D eigenvalue weighted by Crippen LogP contribution is 2.09. The Labute approximate surface area is 137 Å². The Bertz CT molecular complexity index is 439. The number of carbonyl (C=O) groups excluding carboxylic acids is 1. The first-order valence-electron chi connectivity index (χ1n) is 7.92. The van der Waals surface area contributed by atoms with Crippen LogP contribution in [-0.4, -0.2) is 74.7 Å². The predicted molar refractivity (Wildman–Crippen MR) is 90.4 cm³/mol. The van der Waals surface area contributed by atoms with Gasteiger partial charge in [-0.1, -0.05) is 0 Å². The minimum absolute atomic E-state index is 0.132. The summed E-state index contributed by atoms with van der Waals surface area (Å²) in [7, 11) is 1.74. The molecule has 1 atom stereocenters. The maximum Gasteiger partial charge on any atom is 0.234 e. The van der Waals surface area contributed by atoms with Crippen LogP contribution < -0.4 is 5.32 Å². The fourth-order valence-corrected chi connectivity index (χ4v) is 3.50. The second-order valence-electron chi connectivity index (χ2n) is 5.84. The van der Waals surface area contributed by atoms with E-state index in [1.807, 2.05) is 0 Å². The summed E-state index contributed by atoms with van der Waals surface area (Å²) < 4.78 is 5.14.